The molecule has 0 saturated heterocycles. The van der Waals surface area contributed by atoms with E-state index in [1.807, 2.05) is 46.1 Å². The fourth-order valence-electron chi connectivity index (χ4n) is 4.95. The van der Waals surface area contributed by atoms with Crippen LogP contribution >= 0.6 is 0 Å². The second kappa shape index (κ2) is 8.40. The summed E-state index contributed by atoms with van der Waals surface area (Å²) in [6.45, 7) is 6.09. The maximum atomic E-state index is 13.1. The van der Waals surface area contributed by atoms with Crippen LogP contribution in [0.2, 0.25) is 0 Å². The number of nitrogens with one attached hydrogen (secondary N) is 2. The number of hydrogen-bond donors (Lipinski definition) is 2. The van der Waals surface area contributed by atoms with E-state index in [2.05, 4.69) is 39.5 Å². The first-order valence-electron chi connectivity index (χ1n) is 11.2. The van der Waals surface area contributed by atoms with Crippen molar-refractivity contribution in [1.82, 2.24) is 15.2 Å². The zero-order valence-corrected chi connectivity index (χ0v) is 18.9. The molecule has 2 aromatic rings. The van der Waals surface area contributed by atoms with Crippen LogP contribution in [0.4, 0.5) is 4.79 Å². The van der Waals surface area contributed by atoms with E-state index in [9.17, 15) is 9.59 Å². The van der Waals surface area contributed by atoms with Crippen LogP contribution in [-0.4, -0.2) is 34.8 Å². The van der Waals surface area contributed by atoms with Gasteiger partial charge in [-0.2, -0.15) is 0 Å². The van der Waals surface area contributed by atoms with Crippen LogP contribution in [-0.2, 0) is 23.0 Å². The van der Waals surface area contributed by atoms with Crippen molar-refractivity contribution in [1.29, 1.82) is 0 Å². The predicted octanol–water partition coefficient (Wildman–Crippen LogP) is 3.94. The number of alkyl carbamates (subject to hydrolysis) is 1. The minimum atomic E-state index is -0.699. The van der Waals surface area contributed by atoms with Crippen molar-refractivity contribution >= 4 is 22.9 Å². The zero-order chi connectivity index (χ0) is 22.2. The lowest BCUT2D eigenvalue weighted by Crippen LogP contribution is -2.50. The average molecular weight is 424 g/mol. The molecule has 6 heteroatoms. The van der Waals surface area contributed by atoms with Crippen LogP contribution in [0.25, 0.3) is 10.9 Å². The second-order valence-electron chi connectivity index (χ2n) is 9.97. The first-order chi connectivity index (χ1) is 14.7. The summed E-state index contributed by atoms with van der Waals surface area (Å²) in [6, 6.07) is 7.39. The minimum absolute atomic E-state index is 0.162. The number of ether oxygens (including phenoxy) is 1. The highest BCUT2D eigenvalue weighted by atomic mass is 16.6. The molecule has 2 aliphatic rings. The summed E-state index contributed by atoms with van der Waals surface area (Å²) in [4.78, 5) is 25.6. The van der Waals surface area contributed by atoms with Crippen LogP contribution in [0.15, 0.2) is 42.6 Å². The number of hydrogen-bond acceptors (Lipinski definition) is 3. The molecule has 1 aromatic heterocycles. The van der Waals surface area contributed by atoms with Gasteiger partial charge in [-0.15, -0.1) is 0 Å². The smallest absolute Gasteiger partial charge is 0.408 e. The Morgan fingerprint density at radius 3 is 2.65 bits per heavy atom. The highest BCUT2D eigenvalue weighted by Crippen LogP contribution is 2.42. The van der Waals surface area contributed by atoms with Crippen molar-refractivity contribution in [2.24, 2.45) is 24.8 Å². The van der Waals surface area contributed by atoms with Crippen molar-refractivity contribution in [3.05, 3.63) is 48.2 Å². The second-order valence-corrected chi connectivity index (χ2v) is 9.97. The van der Waals surface area contributed by atoms with Gasteiger partial charge in [-0.25, -0.2) is 4.79 Å². The van der Waals surface area contributed by atoms with Gasteiger partial charge in [-0.05, 0) is 63.0 Å². The number of rotatable bonds is 6. The van der Waals surface area contributed by atoms with Crippen molar-refractivity contribution in [2.45, 2.75) is 51.7 Å². The Morgan fingerprint density at radius 1 is 1.19 bits per heavy atom. The molecule has 2 N–H and O–H groups in total. The molecule has 2 bridgehead atoms. The van der Waals surface area contributed by atoms with Crippen LogP contribution in [0.5, 0.6) is 0 Å². The number of aromatic nitrogens is 1. The van der Waals surface area contributed by atoms with E-state index in [-0.39, 0.29) is 5.91 Å². The van der Waals surface area contributed by atoms with Gasteiger partial charge >= 0.3 is 6.09 Å². The van der Waals surface area contributed by atoms with Crippen molar-refractivity contribution < 1.29 is 14.3 Å². The van der Waals surface area contributed by atoms with Gasteiger partial charge in [0.1, 0.15) is 11.6 Å². The number of allylic oxidation sites excluding steroid dienone is 2. The maximum Gasteiger partial charge on any atom is 0.408 e. The third-order valence-electron chi connectivity index (χ3n) is 6.37. The fourth-order valence-corrected chi connectivity index (χ4v) is 4.95. The number of carbonyl (C=O) groups excluding carboxylic acids is 2. The fraction of sp³-hybridized carbons (Fsp3) is 0.520. The number of aryl methyl sites for hydroxylation is 1. The first kappa shape index (κ1) is 21.5. The number of carbonyl (C=O) groups is 2. The van der Waals surface area contributed by atoms with Crippen molar-refractivity contribution in [3.63, 3.8) is 0 Å². The lowest BCUT2D eigenvalue weighted by atomic mass is 9.93. The Balaban J connectivity index is 1.48. The monoisotopic (exact) mass is 423 g/mol. The van der Waals surface area contributed by atoms with E-state index in [1.165, 1.54) is 6.42 Å². The molecule has 0 radical (unpaired) electrons. The van der Waals surface area contributed by atoms with Gasteiger partial charge in [-0.1, -0.05) is 30.4 Å². The standard InChI is InChI=1S/C25H33N3O3/c1-25(2,3)31-24(30)27-21(13-19-15-28(4)22-8-6-5-7-20(19)22)23(29)26-14-18-12-16-9-10-17(18)11-16/h5-10,15-18,21H,11-14H2,1-4H3,(H,26,29)(H,27,30). The highest BCUT2D eigenvalue weighted by Gasteiger charge is 2.36. The number of amides is 2. The van der Waals surface area contributed by atoms with Gasteiger partial charge in [0.05, 0.1) is 0 Å². The van der Waals surface area contributed by atoms with Gasteiger partial charge in [0, 0.05) is 37.1 Å². The molecular formula is C25H33N3O3. The molecule has 1 saturated carbocycles. The number of fused-ring (bicyclic) bond motifs is 3. The van der Waals surface area contributed by atoms with E-state index in [1.54, 1.807) is 0 Å². The van der Waals surface area contributed by atoms with E-state index >= 15 is 0 Å². The highest BCUT2D eigenvalue weighted by molar-refractivity contribution is 5.88. The molecule has 1 fully saturated rings. The zero-order valence-electron chi connectivity index (χ0n) is 18.9. The Kier molecular flexibility index (Phi) is 5.82. The van der Waals surface area contributed by atoms with Gasteiger partial charge < -0.3 is 19.9 Å². The molecule has 0 aliphatic heterocycles. The van der Waals surface area contributed by atoms with E-state index in [0.717, 1.165) is 22.9 Å². The third-order valence-corrected chi connectivity index (χ3v) is 6.37. The van der Waals surface area contributed by atoms with Crippen LogP contribution in [0.3, 0.4) is 0 Å². The summed E-state index contributed by atoms with van der Waals surface area (Å²) in [5.41, 5.74) is 1.50. The predicted molar refractivity (Wildman–Crippen MR) is 122 cm³/mol. The lowest BCUT2D eigenvalue weighted by Gasteiger charge is -2.24. The molecule has 4 unspecified atom stereocenters. The summed E-state index contributed by atoms with van der Waals surface area (Å²) >= 11 is 0. The summed E-state index contributed by atoms with van der Waals surface area (Å²) in [5, 5.41) is 7.00. The largest absolute Gasteiger partial charge is 0.444 e. The Bertz CT molecular complexity index is 1000. The molecular weight excluding hydrogens is 390 g/mol. The van der Waals surface area contributed by atoms with Crippen molar-refractivity contribution in [3.8, 4) is 0 Å². The summed E-state index contributed by atoms with van der Waals surface area (Å²) in [7, 11) is 1.99. The third kappa shape index (κ3) is 4.94. The molecule has 1 heterocycles. The average Bonchev–Trinajstić information content (AvgIpc) is 3.40. The molecule has 4 rings (SSSR count). The van der Waals surface area contributed by atoms with Gasteiger partial charge in [0.2, 0.25) is 5.91 Å². The van der Waals surface area contributed by atoms with Gasteiger partial charge in [-0.3, -0.25) is 4.79 Å². The topological polar surface area (TPSA) is 72.4 Å². The normalized spacial score (nSPS) is 23.2. The molecule has 1 aromatic carbocycles. The molecule has 31 heavy (non-hydrogen) atoms. The Hall–Kier alpha value is -2.76. The number of nitrogens with zero attached hydrogens (tertiary/aromatic N) is 1. The van der Waals surface area contributed by atoms with E-state index in [4.69, 9.17) is 4.74 Å². The molecule has 0 spiro atoms. The van der Waals surface area contributed by atoms with E-state index in [0.29, 0.717) is 30.7 Å². The molecule has 2 aliphatic carbocycles. The van der Waals surface area contributed by atoms with Crippen LogP contribution in [0.1, 0.15) is 39.2 Å². The van der Waals surface area contributed by atoms with Gasteiger partial charge in [0.25, 0.3) is 0 Å². The summed E-state index contributed by atoms with van der Waals surface area (Å²) in [6.07, 6.45) is 8.79. The molecule has 2 amide bonds. The van der Waals surface area contributed by atoms with E-state index < -0.39 is 17.7 Å². The molecule has 6 nitrogen and oxygen atoms in total. The first-order valence-corrected chi connectivity index (χ1v) is 11.2. The molecule has 4 atom stereocenters. The summed E-state index contributed by atoms with van der Waals surface area (Å²) in [5.74, 6) is 1.56. The van der Waals surface area contributed by atoms with Crippen molar-refractivity contribution in [2.75, 3.05) is 6.54 Å². The summed E-state index contributed by atoms with van der Waals surface area (Å²) < 4.78 is 7.47. The van der Waals surface area contributed by atoms with Crippen LogP contribution < -0.4 is 10.6 Å². The maximum absolute atomic E-state index is 13.1. The van der Waals surface area contributed by atoms with Crippen LogP contribution in [0, 0.1) is 17.8 Å². The number of benzene rings is 1. The lowest BCUT2D eigenvalue weighted by molar-refractivity contribution is -0.123. The minimum Gasteiger partial charge on any atom is -0.444 e. The SMILES string of the molecule is Cn1cc(CC(NC(=O)OC(C)(C)C)C(=O)NCC2CC3C=CC2C3)c2ccccc21. The Labute approximate surface area is 184 Å². The van der Waals surface area contributed by atoms with Gasteiger partial charge in [0.15, 0.2) is 0 Å². The quantitative estimate of drug-likeness (QED) is 0.691. The molecule has 166 valence electrons. The Morgan fingerprint density at radius 2 is 1.97 bits per heavy atom. The number of para-hydroxylation sites is 1.